The number of fused-ring (bicyclic) bond motifs is 1. The molecule has 1 aliphatic carbocycles. The first kappa shape index (κ1) is 6.24. The molecule has 1 saturated heterocycles. The lowest BCUT2D eigenvalue weighted by molar-refractivity contribution is 0.343. The summed E-state index contributed by atoms with van der Waals surface area (Å²) in [5.74, 6) is 8.15. The molecule has 0 aromatic heterocycles. The van der Waals surface area contributed by atoms with E-state index in [1.807, 2.05) is 6.92 Å². The smallest absolute Gasteiger partial charge is 0.0601 e. The van der Waals surface area contributed by atoms with Gasteiger partial charge in [0.25, 0.3) is 0 Å². The zero-order valence-electron chi connectivity index (χ0n) is 6.43. The van der Waals surface area contributed by atoms with E-state index >= 15 is 0 Å². The standard InChI is InChI=1S/C9H13N/c1-2-3-4-10-6-8-5-9(8)7-10/h8-9H,4-7H2,1H3. The maximum absolute atomic E-state index is 3.11. The van der Waals surface area contributed by atoms with Crippen LogP contribution in [0.2, 0.25) is 0 Å². The third-order valence-electron chi connectivity index (χ3n) is 2.53. The van der Waals surface area contributed by atoms with Crippen molar-refractivity contribution in [3.8, 4) is 11.8 Å². The quantitative estimate of drug-likeness (QED) is 0.484. The highest BCUT2D eigenvalue weighted by Crippen LogP contribution is 2.44. The van der Waals surface area contributed by atoms with Gasteiger partial charge in [0, 0.05) is 13.1 Å². The number of hydrogen-bond acceptors (Lipinski definition) is 1. The molecule has 0 aromatic carbocycles. The average molecular weight is 135 g/mol. The Morgan fingerprint density at radius 2 is 2.10 bits per heavy atom. The Morgan fingerprint density at radius 3 is 2.70 bits per heavy atom. The van der Waals surface area contributed by atoms with Gasteiger partial charge in [0.05, 0.1) is 6.54 Å². The third kappa shape index (κ3) is 1.04. The van der Waals surface area contributed by atoms with Crippen molar-refractivity contribution < 1.29 is 0 Å². The van der Waals surface area contributed by atoms with Crippen molar-refractivity contribution in [1.29, 1.82) is 0 Å². The van der Waals surface area contributed by atoms with Crippen LogP contribution in [0.5, 0.6) is 0 Å². The van der Waals surface area contributed by atoms with Crippen molar-refractivity contribution in [1.82, 2.24) is 4.90 Å². The fourth-order valence-electron chi connectivity index (χ4n) is 1.82. The summed E-state index contributed by atoms with van der Waals surface area (Å²) in [5, 5.41) is 0. The molecule has 0 radical (unpaired) electrons. The molecule has 2 aliphatic rings. The van der Waals surface area contributed by atoms with Gasteiger partial charge in [-0.15, -0.1) is 5.92 Å². The molecule has 10 heavy (non-hydrogen) atoms. The second kappa shape index (κ2) is 2.29. The zero-order chi connectivity index (χ0) is 6.97. The topological polar surface area (TPSA) is 3.24 Å². The van der Waals surface area contributed by atoms with Crippen molar-refractivity contribution in [2.24, 2.45) is 11.8 Å². The lowest BCUT2D eigenvalue weighted by atomic mass is 10.4. The maximum Gasteiger partial charge on any atom is 0.0601 e. The van der Waals surface area contributed by atoms with E-state index in [0.717, 1.165) is 18.4 Å². The van der Waals surface area contributed by atoms with Crippen LogP contribution in [0.25, 0.3) is 0 Å². The van der Waals surface area contributed by atoms with Crippen molar-refractivity contribution >= 4 is 0 Å². The molecule has 1 heteroatoms. The molecule has 0 amide bonds. The molecular formula is C9H13N. The van der Waals surface area contributed by atoms with E-state index in [1.54, 1.807) is 0 Å². The number of likely N-dealkylation sites (tertiary alicyclic amines) is 1. The molecule has 1 saturated carbocycles. The van der Waals surface area contributed by atoms with Crippen LogP contribution in [0.15, 0.2) is 0 Å². The summed E-state index contributed by atoms with van der Waals surface area (Å²) in [6, 6.07) is 0. The van der Waals surface area contributed by atoms with Gasteiger partial charge in [-0.05, 0) is 25.2 Å². The first-order valence-electron chi connectivity index (χ1n) is 4.02. The van der Waals surface area contributed by atoms with Gasteiger partial charge in [-0.2, -0.15) is 0 Å². The Bertz CT molecular complexity index is 177. The van der Waals surface area contributed by atoms with Gasteiger partial charge in [0.1, 0.15) is 0 Å². The van der Waals surface area contributed by atoms with Crippen LogP contribution in [0.3, 0.4) is 0 Å². The predicted molar refractivity (Wildman–Crippen MR) is 41.5 cm³/mol. The minimum atomic E-state index is 1.00. The third-order valence-corrected chi connectivity index (χ3v) is 2.53. The molecule has 1 nitrogen and oxygen atoms in total. The Kier molecular flexibility index (Phi) is 1.43. The molecule has 0 bridgehead atoms. The number of hydrogen-bond donors (Lipinski definition) is 0. The predicted octanol–water partition coefficient (Wildman–Crippen LogP) is 0.961. The van der Waals surface area contributed by atoms with Gasteiger partial charge < -0.3 is 0 Å². The van der Waals surface area contributed by atoms with Gasteiger partial charge in [-0.3, -0.25) is 4.90 Å². The van der Waals surface area contributed by atoms with Gasteiger partial charge in [-0.1, -0.05) is 5.92 Å². The molecule has 54 valence electrons. The minimum absolute atomic E-state index is 1.00. The molecule has 1 aliphatic heterocycles. The minimum Gasteiger partial charge on any atom is -0.292 e. The van der Waals surface area contributed by atoms with E-state index in [1.165, 1.54) is 19.5 Å². The summed E-state index contributed by atoms with van der Waals surface area (Å²) in [6.45, 7) is 5.55. The van der Waals surface area contributed by atoms with E-state index in [4.69, 9.17) is 0 Å². The molecule has 0 spiro atoms. The number of piperidine rings is 1. The summed E-state index contributed by atoms with van der Waals surface area (Å²) in [4.78, 5) is 2.47. The second-order valence-corrected chi connectivity index (χ2v) is 3.38. The van der Waals surface area contributed by atoms with E-state index in [0.29, 0.717) is 0 Å². The van der Waals surface area contributed by atoms with E-state index in [2.05, 4.69) is 16.7 Å². The fraction of sp³-hybridized carbons (Fsp3) is 0.778. The Hall–Kier alpha value is -0.480. The summed E-state index contributed by atoms with van der Waals surface area (Å²) < 4.78 is 0. The molecule has 0 aromatic rings. The Morgan fingerprint density at radius 1 is 1.40 bits per heavy atom. The average Bonchev–Trinajstić information content (AvgIpc) is 2.56. The molecule has 2 fully saturated rings. The first-order valence-corrected chi connectivity index (χ1v) is 4.02. The molecule has 2 rings (SSSR count). The molecule has 2 unspecified atom stereocenters. The van der Waals surface area contributed by atoms with Gasteiger partial charge >= 0.3 is 0 Å². The van der Waals surface area contributed by atoms with Crippen LogP contribution in [-0.4, -0.2) is 24.5 Å². The molecule has 2 atom stereocenters. The number of rotatable bonds is 1. The van der Waals surface area contributed by atoms with Crippen LogP contribution in [0.4, 0.5) is 0 Å². The highest BCUT2D eigenvalue weighted by atomic mass is 15.2. The monoisotopic (exact) mass is 135 g/mol. The van der Waals surface area contributed by atoms with E-state index in [9.17, 15) is 0 Å². The van der Waals surface area contributed by atoms with E-state index in [-0.39, 0.29) is 0 Å². The largest absolute Gasteiger partial charge is 0.292 e. The van der Waals surface area contributed by atoms with Crippen LogP contribution in [-0.2, 0) is 0 Å². The van der Waals surface area contributed by atoms with Crippen LogP contribution in [0.1, 0.15) is 13.3 Å². The Labute approximate surface area is 62.4 Å². The second-order valence-electron chi connectivity index (χ2n) is 3.38. The van der Waals surface area contributed by atoms with Gasteiger partial charge in [0.2, 0.25) is 0 Å². The van der Waals surface area contributed by atoms with Crippen molar-refractivity contribution in [3.05, 3.63) is 0 Å². The summed E-state index contributed by atoms with van der Waals surface area (Å²) in [6.07, 6.45) is 1.50. The summed E-state index contributed by atoms with van der Waals surface area (Å²) >= 11 is 0. The highest BCUT2D eigenvalue weighted by Gasteiger charge is 2.44. The van der Waals surface area contributed by atoms with E-state index < -0.39 is 0 Å². The fourth-order valence-corrected chi connectivity index (χ4v) is 1.82. The van der Waals surface area contributed by atoms with Crippen LogP contribution < -0.4 is 0 Å². The molecular weight excluding hydrogens is 122 g/mol. The summed E-state index contributed by atoms with van der Waals surface area (Å²) in [7, 11) is 0. The lowest BCUT2D eigenvalue weighted by Gasteiger charge is -2.12. The number of nitrogens with zero attached hydrogens (tertiary/aromatic N) is 1. The van der Waals surface area contributed by atoms with Crippen molar-refractivity contribution in [2.75, 3.05) is 19.6 Å². The zero-order valence-corrected chi connectivity index (χ0v) is 6.43. The maximum atomic E-state index is 3.11. The summed E-state index contributed by atoms with van der Waals surface area (Å²) in [5.41, 5.74) is 0. The van der Waals surface area contributed by atoms with Gasteiger partial charge in [0.15, 0.2) is 0 Å². The van der Waals surface area contributed by atoms with Crippen molar-refractivity contribution in [2.45, 2.75) is 13.3 Å². The normalized spacial score (nSPS) is 36.5. The Balaban J connectivity index is 1.79. The lowest BCUT2D eigenvalue weighted by Crippen LogP contribution is -2.22. The van der Waals surface area contributed by atoms with Crippen LogP contribution >= 0.6 is 0 Å². The first-order chi connectivity index (χ1) is 4.90. The van der Waals surface area contributed by atoms with Gasteiger partial charge in [-0.25, -0.2) is 0 Å². The molecule has 0 N–H and O–H groups in total. The molecule has 1 heterocycles. The SMILES string of the molecule is CC#CCN1CC2CC2C1. The highest BCUT2D eigenvalue weighted by molar-refractivity contribution is 5.03. The van der Waals surface area contributed by atoms with Crippen LogP contribution in [0, 0.1) is 23.7 Å². The van der Waals surface area contributed by atoms with Crippen molar-refractivity contribution in [3.63, 3.8) is 0 Å².